The predicted molar refractivity (Wildman–Crippen MR) is 89.5 cm³/mol. The summed E-state index contributed by atoms with van der Waals surface area (Å²) >= 11 is 0. The van der Waals surface area contributed by atoms with Crippen LogP contribution in [0.15, 0.2) is 35.5 Å². The van der Waals surface area contributed by atoms with Crippen molar-refractivity contribution < 1.29 is 28.9 Å². The lowest BCUT2D eigenvalue weighted by molar-refractivity contribution is -0.146. The molecule has 6 nitrogen and oxygen atoms in total. The molecule has 2 heterocycles. The van der Waals surface area contributed by atoms with Gasteiger partial charge in [0.2, 0.25) is 0 Å². The van der Waals surface area contributed by atoms with Crippen LogP contribution in [-0.4, -0.2) is 48.6 Å². The van der Waals surface area contributed by atoms with Gasteiger partial charge in [-0.2, -0.15) is 0 Å². The summed E-state index contributed by atoms with van der Waals surface area (Å²) in [5.74, 6) is -0.979. The number of aliphatic hydroxyl groups excluding tert-OH is 1. The average molecular weight is 348 g/mol. The number of carbonyl (C=O) groups is 2. The summed E-state index contributed by atoms with van der Waals surface area (Å²) in [7, 11) is 0. The first-order chi connectivity index (χ1) is 11.9. The number of epoxide rings is 1. The molecule has 2 aliphatic heterocycles. The van der Waals surface area contributed by atoms with Crippen molar-refractivity contribution in [1.29, 1.82) is 0 Å². The molecule has 6 heteroatoms. The maximum absolute atomic E-state index is 11.9. The molecule has 0 unspecified atom stereocenters. The molecular weight excluding hydrogens is 324 g/mol. The molecule has 0 aromatic rings. The van der Waals surface area contributed by atoms with E-state index in [0.29, 0.717) is 18.4 Å². The molecule has 3 rings (SSSR count). The first-order valence-corrected chi connectivity index (χ1v) is 8.62. The van der Waals surface area contributed by atoms with Crippen molar-refractivity contribution in [2.75, 3.05) is 13.2 Å². The topological polar surface area (TPSA) is 85.4 Å². The summed E-state index contributed by atoms with van der Waals surface area (Å²) in [5, 5.41) is 9.59. The van der Waals surface area contributed by atoms with Crippen molar-refractivity contribution in [2.45, 2.75) is 45.0 Å². The van der Waals surface area contributed by atoms with E-state index in [1.807, 2.05) is 12.2 Å². The van der Waals surface area contributed by atoms with Gasteiger partial charge in [-0.15, -0.1) is 0 Å². The van der Waals surface area contributed by atoms with E-state index in [2.05, 4.69) is 6.58 Å². The van der Waals surface area contributed by atoms with Crippen LogP contribution in [0.25, 0.3) is 0 Å². The number of ether oxygens (including phenoxy) is 3. The Morgan fingerprint density at radius 1 is 1.48 bits per heavy atom. The van der Waals surface area contributed by atoms with Crippen LogP contribution in [0, 0.1) is 11.8 Å². The summed E-state index contributed by atoms with van der Waals surface area (Å²) in [6, 6.07) is 0. The highest BCUT2D eigenvalue weighted by Crippen LogP contribution is 2.38. The molecule has 0 amide bonds. The Morgan fingerprint density at radius 3 is 2.92 bits per heavy atom. The Morgan fingerprint density at radius 2 is 2.24 bits per heavy atom. The molecule has 0 aromatic heterocycles. The van der Waals surface area contributed by atoms with Crippen LogP contribution in [0.5, 0.6) is 0 Å². The molecule has 1 N–H and O–H groups in total. The molecule has 1 aliphatic carbocycles. The van der Waals surface area contributed by atoms with Gasteiger partial charge in [0.25, 0.3) is 0 Å². The molecule has 0 aromatic carbocycles. The van der Waals surface area contributed by atoms with Crippen LogP contribution >= 0.6 is 0 Å². The van der Waals surface area contributed by atoms with E-state index in [1.54, 1.807) is 13.8 Å². The van der Waals surface area contributed by atoms with E-state index in [4.69, 9.17) is 14.2 Å². The van der Waals surface area contributed by atoms with E-state index < -0.39 is 0 Å². The number of esters is 2. The van der Waals surface area contributed by atoms with Gasteiger partial charge in [0.05, 0.1) is 12.5 Å². The minimum absolute atomic E-state index is 0.110. The second kappa shape index (κ2) is 7.14. The van der Waals surface area contributed by atoms with Crippen molar-refractivity contribution in [2.24, 2.45) is 11.8 Å². The predicted octanol–water partition coefficient (Wildman–Crippen LogP) is 1.69. The van der Waals surface area contributed by atoms with Gasteiger partial charge in [-0.1, -0.05) is 32.6 Å². The molecule has 4 atom stereocenters. The van der Waals surface area contributed by atoms with Crippen LogP contribution in [0.1, 0.15) is 26.7 Å². The average Bonchev–Trinajstić information content (AvgIpc) is 3.28. The fourth-order valence-electron chi connectivity index (χ4n) is 3.23. The SMILES string of the molecule is C=C1C(=O)O[C@H]2C/C(CO)=C\[C@H]3O[C@H]3/C(COC(=O)C(C)C)=C/C[C@H]12. The molecule has 136 valence electrons. The molecule has 0 spiro atoms. The molecule has 3 aliphatic rings. The number of hydrogen-bond donors (Lipinski definition) is 1. The van der Waals surface area contributed by atoms with Crippen LogP contribution in [-0.2, 0) is 23.8 Å². The quantitative estimate of drug-likeness (QED) is 0.360. The molecule has 0 saturated carbocycles. The van der Waals surface area contributed by atoms with Gasteiger partial charge < -0.3 is 19.3 Å². The Balaban J connectivity index is 1.80. The fourth-order valence-corrected chi connectivity index (χ4v) is 3.23. The van der Waals surface area contributed by atoms with Gasteiger partial charge >= 0.3 is 11.9 Å². The van der Waals surface area contributed by atoms with Crippen molar-refractivity contribution in [3.05, 3.63) is 35.5 Å². The summed E-state index contributed by atoms with van der Waals surface area (Å²) in [6.07, 6.45) is 4.27. The van der Waals surface area contributed by atoms with Crippen molar-refractivity contribution in [3.8, 4) is 0 Å². The van der Waals surface area contributed by atoms with Gasteiger partial charge in [-0.05, 0) is 17.6 Å². The Bertz CT molecular complexity index is 644. The number of allylic oxidation sites excluding steroid dienone is 1. The van der Waals surface area contributed by atoms with Crippen molar-refractivity contribution >= 4 is 11.9 Å². The zero-order valence-electron chi connectivity index (χ0n) is 14.6. The number of aliphatic hydroxyl groups is 1. The van der Waals surface area contributed by atoms with E-state index in [9.17, 15) is 14.7 Å². The summed E-state index contributed by atoms with van der Waals surface area (Å²) in [5.41, 5.74) is 2.11. The van der Waals surface area contributed by atoms with Gasteiger partial charge in [-0.25, -0.2) is 4.79 Å². The second-order valence-corrected chi connectivity index (χ2v) is 7.06. The van der Waals surface area contributed by atoms with E-state index in [-0.39, 0.29) is 55.3 Å². The monoisotopic (exact) mass is 348 g/mol. The van der Waals surface area contributed by atoms with Gasteiger partial charge in [-0.3, -0.25) is 4.79 Å². The summed E-state index contributed by atoms with van der Waals surface area (Å²) < 4.78 is 16.4. The van der Waals surface area contributed by atoms with Crippen LogP contribution in [0.2, 0.25) is 0 Å². The number of hydrogen-bond acceptors (Lipinski definition) is 6. The highest BCUT2D eigenvalue weighted by molar-refractivity contribution is 5.90. The zero-order chi connectivity index (χ0) is 18.1. The van der Waals surface area contributed by atoms with Gasteiger partial charge in [0.15, 0.2) is 0 Å². The highest BCUT2D eigenvalue weighted by Gasteiger charge is 2.44. The first-order valence-electron chi connectivity index (χ1n) is 8.62. The van der Waals surface area contributed by atoms with E-state index in [1.165, 1.54) is 0 Å². The standard InChI is InChI=1S/C19H24O6/c1-10(2)18(21)23-9-13-4-5-14-11(3)19(22)25-15(14)6-12(8-20)7-16-17(13)24-16/h4,7,10,14-17,20H,3,5-6,8-9H2,1-2H3/b12-7+,13-4+/t14-,15+,16-,17+/m1/s1. The lowest BCUT2D eigenvalue weighted by Crippen LogP contribution is -2.20. The Kier molecular flexibility index (Phi) is 5.11. The highest BCUT2D eigenvalue weighted by atomic mass is 16.6. The Labute approximate surface area is 147 Å². The van der Waals surface area contributed by atoms with Crippen LogP contribution in [0.3, 0.4) is 0 Å². The minimum Gasteiger partial charge on any atom is -0.461 e. The van der Waals surface area contributed by atoms with Gasteiger partial charge in [0.1, 0.15) is 24.9 Å². The molecular formula is C19H24O6. The lowest BCUT2D eigenvalue weighted by Gasteiger charge is -2.19. The molecule has 25 heavy (non-hydrogen) atoms. The summed E-state index contributed by atoms with van der Waals surface area (Å²) in [4.78, 5) is 23.6. The van der Waals surface area contributed by atoms with Gasteiger partial charge in [0, 0.05) is 17.9 Å². The third kappa shape index (κ3) is 3.85. The summed E-state index contributed by atoms with van der Waals surface area (Å²) in [6.45, 7) is 7.47. The zero-order valence-corrected chi connectivity index (χ0v) is 14.6. The smallest absolute Gasteiger partial charge is 0.334 e. The fraction of sp³-hybridized carbons (Fsp3) is 0.579. The Hall–Kier alpha value is -1.92. The number of fused-ring (bicyclic) bond motifs is 2. The largest absolute Gasteiger partial charge is 0.461 e. The number of rotatable bonds is 4. The minimum atomic E-state index is -0.380. The van der Waals surface area contributed by atoms with Crippen LogP contribution in [0.4, 0.5) is 0 Å². The second-order valence-electron chi connectivity index (χ2n) is 7.06. The molecule has 2 fully saturated rings. The maximum Gasteiger partial charge on any atom is 0.334 e. The van der Waals surface area contributed by atoms with Crippen molar-refractivity contribution in [1.82, 2.24) is 0 Å². The third-order valence-electron chi connectivity index (χ3n) is 4.86. The lowest BCUT2D eigenvalue weighted by atomic mass is 9.87. The molecule has 0 radical (unpaired) electrons. The van der Waals surface area contributed by atoms with Crippen LogP contribution < -0.4 is 0 Å². The van der Waals surface area contributed by atoms with E-state index in [0.717, 1.165) is 11.1 Å². The first kappa shape index (κ1) is 17.9. The maximum atomic E-state index is 11.9. The normalized spacial score (nSPS) is 35.7. The van der Waals surface area contributed by atoms with E-state index >= 15 is 0 Å². The number of carbonyl (C=O) groups excluding carboxylic acids is 2. The third-order valence-corrected chi connectivity index (χ3v) is 4.86. The van der Waals surface area contributed by atoms with Crippen molar-refractivity contribution in [3.63, 3.8) is 0 Å². The molecule has 2 saturated heterocycles. The molecule has 0 bridgehead atoms.